The molecule has 2 amide bonds. The van der Waals surface area contributed by atoms with E-state index in [1.807, 2.05) is 0 Å². The Bertz CT molecular complexity index is 440. The van der Waals surface area contributed by atoms with Crippen molar-refractivity contribution in [1.82, 2.24) is 10.6 Å². The monoisotopic (exact) mass is 371 g/mol. The van der Waals surface area contributed by atoms with Crippen LogP contribution in [0.2, 0.25) is 0 Å². The molecule has 144 valence electrons. The number of halogens is 1. The minimum absolute atomic E-state index is 0. The molecule has 6 heteroatoms. The summed E-state index contributed by atoms with van der Waals surface area (Å²) in [6.07, 6.45) is 11.1. The first-order valence-electron chi connectivity index (χ1n) is 9.93. The minimum Gasteiger partial charge on any atom is -0.354 e. The molecule has 0 aromatic carbocycles. The van der Waals surface area contributed by atoms with Crippen molar-refractivity contribution in [3.05, 3.63) is 0 Å². The molecule has 0 aromatic heterocycles. The second-order valence-corrected chi connectivity index (χ2v) is 8.19. The second-order valence-electron chi connectivity index (χ2n) is 8.19. The molecule has 2 atom stereocenters. The van der Waals surface area contributed by atoms with E-state index in [9.17, 15) is 9.59 Å². The summed E-state index contributed by atoms with van der Waals surface area (Å²) in [5.74, 6) is 2.04. The van der Waals surface area contributed by atoms with E-state index < -0.39 is 0 Å². The van der Waals surface area contributed by atoms with Gasteiger partial charge in [-0.05, 0) is 56.3 Å². The second kappa shape index (κ2) is 9.77. The molecule has 2 unspecified atom stereocenters. The molecule has 0 spiro atoms. The zero-order valence-electron chi connectivity index (χ0n) is 15.2. The average Bonchev–Trinajstić information content (AvgIpc) is 3.04. The lowest BCUT2D eigenvalue weighted by molar-refractivity contribution is -0.128. The fourth-order valence-corrected chi connectivity index (χ4v) is 5.08. The van der Waals surface area contributed by atoms with Crippen LogP contribution in [-0.4, -0.2) is 30.9 Å². The summed E-state index contributed by atoms with van der Waals surface area (Å²) in [6.45, 7) is 1.07. The first kappa shape index (κ1) is 20.5. The molecule has 3 saturated carbocycles. The van der Waals surface area contributed by atoms with Gasteiger partial charge in [-0.3, -0.25) is 9.59 Å². The molecule has 3 fully saturated rings. The van der Waals surface area contributed by atoms with Crippen molar-refractivity contribution in [2.45, 2.75) is 70.3 Å². The van der Waals surface area contributed by atoms with Gasteiger partial charge in [0.05, 0.1) is 0 Å². The zero-order valence-corrected chi connectivity index (χ0v) is 16.0. The predicted octanol–water partition coefficient (Wildman–Crippen LogP) is 2.37. The molecule has 5 nitrogen and oxygen atoms in total. The van der Waals surface area contributed by atoms with Crippen molar-refractivity contribution in [2.24, 2.45) is 29.4 Å². The summed E-state index contributed by atoms with van der Waals surface area (Å²) >= 11 is 0. The molecule has 3 aliphatic rings. The van der Waals surface area contributed by atoms with Gasteiger partial charge in [-0.2, -0.15) is 0 Å². The van der Waals surface area contributed by atoms with Gasteiger partial charge < -0.3 is 16.4 Å². The van der Waals surface area contributed by atoms with E-state index in [0.29, 0.717) is 43.3 Å². The highest BCUT2D eigenvalue weighted by molar-refractivity contribution is 5.85. The summed E-state index contributed by atoms with van der Waals surface area (Å²) in [7, 11) is 0. The smallest absolute Gasteiger partial charge is 0.223 e. The summed E-state index contributed by atoms with van der Waals surface area (Å²) in [5, 5.41) is 5.95. The molecule has 0 aromatic rings. The number of carbonyl (C=O) groups is 2. The SMILES string of the molecule is Cl.NC1C2CCCC1CC(C(=O)NCCNC(=O)CC1CCCC1)C2. The van der Waals surface area contributed by atoms with Crippen LogP contribution in [0.1, 0.15) is 64.2 Å². The van der Waals surface area contributed by atoms with E-state index in [0.717, 1.165) is 12.8 Å². The predicted molar refractivity (Wildman–Crippen MR) is 101 cm³/mol. The number of carbonyl (C=O) groups excluding carboxylic acids is 2. The third-order valence-electron chi connectivity index (χ3n) is 6.48. The molecule has 2 bridgehead atoms. The maximum Gasteiger partial charge on any atom is 0.223 e. The Labute approximate surface area is 157 Å². The van der Waals surface area contributed by atoms with Gasteiger partial charge in [0, 0.05) is 31.5 Å². The van der Waals surface area contributed by atoms with Crippen molar-refractivity contribution in [1.29, 1.82) is 0 Å². The Morgan fingerprint density at radius 3 is 2.12 bits per heavy atom. The van der Waals surface area contributed by atoms with Gasteiger partial charge in [0.2, 0.25) is 11.8 Å². The summed E-state index contributed by atoms with van der Waals surface area (Å²) in [5.41, 5.74) is 6.29. The molecular formula is C19H34ClN3O2. The lowest BCUT2D eigenvalue weighted by atomic mass is 9.65. The van der Waals surface area contributed by atoms with Crippen LogP contribution < -0.4 is 16.4 Å². The van der Waals surface area contributed by atoms with Gasteiger partial charge in [0.15, 0.2) is 0 Å². The highest BCUT2D eigenvalue weighted by atomic mass is 35.5. The van der Waals surface area contributed by atoms with E-state index in [-0.39, 0.29) is 30.1 Å². The first-order valence-corrected chi connectivity index (χ1v) is 9.93. The van der Waals surface area contributed by atoms with E-state index in [4.69, 9.17) is 5.73 Å². The Kier molecular flexibility index (Phi) is 8.01. The Morgan fingerprint density at radius 1 is 0.880 bits per heavy atom. The van der Waals surface area contributed by atoms with Crippen molar-refractivity contribution >= 4 is 24.2 Å². The molecule has 0 saturated heterocycles. The van der Waals surface area contributed by atoms with Crippen LogP contribution in [0.25, 0.3) is 0 Å². The van der Waals surface area contributed by atoms with Crippen LogP contribution in [0.4, 0.5) is 0 Å². The topological polar surface area (TPSA) is 84.2 Å². The third kappa shape index (κ3) is 5.58. The number of hydrogen-bond donors (Lipinski definition) is 3. The average molecular weight is 372 g/mol. The summed E-state index contributed by atoms with van der Waals surface area (Å²) in [6, 6.07) is 0.303. The third-order valence-corrected chi connectivity index (χ3v) is 6.48. The number of nitrogens with one attached hydrogen (secondary N) is 2. The highest BCUT2D eigenvalue weighted by Crippen LogP contribution is 2.41. The largest absolute Gasteiger partial charge is 0.354 e. The summed E-state index contributed by atoms with van der Waals surface area (Å²) < 4.78 is 0. The molecular weight excluding hydrogens is 338 g/mol. The van der Waals surface area contributed by atoms with Gasteiger partial charge in [-0.15, -0.1) is 12.4 Å². The standard InChI is InChI=1S/C19H33N3O2.ClH/c20-18-14-6-3-7-15(18)12-16(11-14)19(24)22-9-8-21-17(23)10-13-4-1-2-5-13;/h13-16,18H,1-12,20H2,(H,21,23)(H,22,24);1H. The number of fused-ring (bicyclic) bond motifs is 2. The Morgan fingerprint density at radius 2 is 1.48 bits per heavy atom. The van der Waals surface area contributed by atoms with Crippen LogP contribution in [0.5, 0.6) is 0 Å². The lowest BCUT2D eigenvalue weighted by Crippen LogP contribution is -2.49. The maximum atomic E-state index is 12.4. The van der Waals surface area contributed by atoms with Crippen molar-refractivity contribution in [2.75, 3.05) is 13.1 Å². The number of hydrogen-bond acceptors (Lipinski definition) is 3. The molecule has 0 radical (unpaired) electrons. The molecule has 3 rings (SSSR count). The maximum absolute atomic E-state index is 12.4. The van der Waals surface area contributed by atoms with E-state index >= 15 is 0 Å². The van der Waals surface area contributed by atoms with Crippen LogP contribution in [0.3, 0.4) is 0 Å². The zero-order chi connectivity index (χ0) is 16.9. The molecule has 4 N–H and O–H groups in total. The molecule has 25 heavy (non-hydrogen) atoms. The van der Waals surface area contributed by atoms with Crippen molar-refractivity contribution in [3.63, 3.8) is 0 Å². The number of rotatable bonds is 6. The van der Waals surface area contributed by atoms with E-state index in [2.05, 4.69) is 10.6 Å². The normalized spacial score (nSPS) is 31.9. The quantitative estimate of drug-likeness (QED) is 0.627. The first-order chi connectivity index (χ1) is 11.6. The Hall–Kier alpha value is -0.810. The number of amides is 2. The van der Waals surface area contributed by atoms with Gasteiger partial charge in [-0.25, -0.2) is 0 Å². The molecule has 0 aliphatic heterocycles. The fraction of sp³-hybridized carbons (Fsp3) is 0.895. The van der Waals surface area contributed by atoms with E-state index in [1.165, 1.54) is 44.9 Å². The number of nitrogens with two attached hydrogens (primary N) is 1. The van der Waals surface area contributed by atoms with Crippen LogP contribution in [0.15, 0.2) is 0 Å². The van der Waals surface area contributed by atoms with Gasteiger partial charge in [-0.1, -0.05) is 19.3 Å². The highest BCUT2D eigenvalue weighted by Gasteiger charge is 2.40. The van der Waals surface area contributed by atoms with Gasteiger partial charge in [0.1, 0.15) is 0 Å². The van der Waals surface area contributed by atoms with E-state index in [1.54, 1.807) is 0 Å². The lowest BCUT2D eigenvalue weighted by Gasteiger charge is -2.43. The van der Waals surface area contributed by atoms with Crippen molar-refractivity contribution < 1.29 is 9.59 Å². The van der Waals surface area contributed by atoms with Gasteiger partial charge >= 0.3 is 0 Å². The van der Waals surface area contributed by atoms with Gasteiger partial charge in [0.25, 0.3) is 0 Å². The fourth-order valence-electron chi connectivity index (χ4n) is 5.08. The van der Waals surface area contributed by atoms with Crippen LogP contribution >= 0.6 is 12.4 Å². The van der Waals surface area contributed by atoms with Crippen LogP contribution in [0, 0.1) is 23.7 Å². The van der Waals surface area contributed by atoms with Crippen molar-refractivity contribution in [3.8, 4) is 0 Å². The molecule has 0 heterocycles. The summed E-state index contributed by atoms with van der Waals surface area (Å²) in [4.78, 5) is 24.3. The van der Waals surface area contributed by atoms with Crippen LogP contribution in [-0.2, 0) is 9.59 Å². The minimum atomic E-state index is 0. The molecule has 3 aliphatic carbocycles. The Balaban J connectivity index is 0.00000225.